The Kier molecular flexibility index (Phi) is 6.66. The second-order valence-corrected chi connectivity index (χ2v) is 7.31. The molecule has 1 aliphatic heterocycles. The summed E-state index contributed by atoms with van der Waals surface area (Å²) in [6.45, 7) is 3.84. The Morgan fingerprint density at radius 2 is 1.24 bits per heavy atom. The van der Waals surface area contributed by atoms with Crippen LogP contribution in [0.5, 0.6) is 0 Å². The summed E-state index contributed by atoms with van der Waals surface area (Å²) in [4.78, 5) is 2.59. The minimum atomic E-state index is -0.878. The predicted molar refractivity (Wildman–Crippen MR) is 105 cm³/mol. The summed E-state index contributed by atoms with van der Waals surface area (Å²) >= 11 is 0. The van der Waals surface area contributed by atoms with Gasteiger partial charge in [0.05, 0.1) is 0 Å². The van der Waals surface area contributed by atoms with Gasteiger partial charge in [0, 0.05) is 0 Å². The molecule has 2 heteroatoms. The summed E-state index contributed by atoms with van der Waals surface area (Å²) in [7, 11) is 0. The van der Waals surface area contributed by atoms with Gasteiger partial charge in [-0.05, 0) is 62.9 Å². The number of hydrogen-bond donors (Lipinski definition) is 1. The van der Waals surface area contributed by atoms with Gasteiger partial charge in [-0.2, -0.15) is 0 Å². The molecule has 0 bridgehead atoms. The zero-order valence-corrected chi connectivity index (χ0v) is 15.2. The largest absolute Gasteiger partial charge is 0.380 e. The van der Waals surface area contributed by atoms with Crippen LogP contribution in [0, 0.1) is 0 Å². The molecule has 0 unspecified atom stereocenters. The van der Waals surface area contributed by atoms with E-state index in [0.717, 1.165) is 24.0 Å². The average molecular weight is 338 g/mol. The molecule has 0 aliphatic carbocycles. The standard InChI is InChI=1S/C23H31NO/c25-23(21-13-5-3-6-14-21,22-15-7-4-8-16-22)17-9-1-2-10-18-24-19-11-12-20-24/h3-8,13-16,25H,1-2,9-12,17-20H2. The number of nitrogens with zero attached hydrogens (tertiary/aromatic N) is 1. The highest BCUT2D eigenvalue weighted by atomic mass is 16.3. The zero-order valence-electron chi connectivity index (χ0n) is 15.2. The van der Waals surface area contributed by atoms with Gasteiger partial charge in [0.1, 0.15) is 5.60 Å². The lowest BCUT2D eigenvalue weighted by molar-refractivity contribution is 0.0678. The van der Waals surface area contributed by atoms with Crippen LogP contribution in [0.4, 0.5) is 0 Å². The van der Waals surface area contributed by atoms with Crippen molar-refractivity contribution in [3.63, 3.8) is 0 Å². The Labute approximate surface area is 152 Å². The van der Waals surface area contributed by atoms with E-state index in [1.54, 1.807) is 0 Å². The molecule has 2 aromatic carbocycles. The third-order valence-corrected chi connectivity index (χ3v) is 5.46. The molecule has 3 rings (SSSR count). The van der Waals surface area contributed by atoms with Crippen LogP contribution in [0.2, 0.25) is 0 Å². The van der Waals surface area contributed by atoms with Crippen molar-refractivity contribution in [2.75, 3.05) is 19.6 Å². The lowest BCUT2D eigenvalue weighted by atomic mass is 9.82. The molecule has 2 nitrogen and oxygen atoms in total. The van der Waals surface area contributed by atoms with Crippen LogP contribution in [0.3, 0.4) is 0 Å². The third-order valence-electron chi connectivity index (χ3n) is 5.46. The third kappa shape index (κ3) is 4.93. The normalized spacial score (nSPS) is 15.6. The fourth-order valence-electron chi connectivity index (χ4n) is 3.96. The fourth-order valence-corrected chi connectivity index (χ4v) is 3.96. The second kappa shape index (κ2) is 9.17. The van der Waals surface area contributed by atoms with Gasteiger partial charge in [-0.15, -0.1) is 0 Å². The monoisotopic (exact) mass is 337 g/mol. The molecule has 1 heterocycles. The molecule has 0 aromatic heterocycles. The van der Waals surface area contributed by atoms with Crippen molar-refractivity contribution >= 4 is 0 Å². The molecule has 25 heavy (non-hydrogen) atoms. The van der Waals surface area contributed by atoms with Crippen molar-refractivity contribution < 1.29 is 5.11 Å². The van der Waals surface area contributed by atoms with Gasteiger partial charge in [0.25, 0.3) is 0 Å². The number of hydrogen-bond acceptors (Lipinski definition) is 2. The van der Waals surface area contributed by atoms with Crippen LogP contribution >= 0.6 is 0 Å². The van der Waals surface area contributed by atoms with Crippen LogP contribution in [0.25, 0.3) is 0 Å². The first-order valence-corrected chi connectivity index (χ1v) is 9.85. The van der Waals surface area contributed by atoms with Gasteiger partial charge < -0.3 is 10.0 Å². The van der Waals surface area contributed by atoms with Crippen molar-refractivity contribution in [1.29, 1.82) is 0 Å². The smallest absolute Gasteiger partial charge is 0.115 e. The van der Waals surface area contributed by atoms with Gasteiger partial charge in [0.2, 0.25) is 0 Å². The molecule has 1 aliphatic rings. The lowest BCUT2D eigenvalue weighted by Gasteiger charge is -2.29. The molecule has 1 saturated heterocycles. The van der Waals surface area contributed by atoms with E-state index in [2.05, 4.69) is 4.90 Å². The van der Waals surface area contributed by atoms with E-state index in [9.17, 15) is 5.11 Å². The molecule has 1 N–H and O–H groups in total. The fraction of sp³-hybridized carbons (Fsp3) is 0.478. The second-order valence-electron chi connectivity index (χ2n) is 7.31. The van der Waals surface area contributed by atoms with E-state index >= 15 is 0 Å². The quantitative estimate of drug-likeness (QED) is 0.653. The van der Waals surface area contributed by atoms with Crippen LogP contribution < -0.4 is 0 Å². The van der Waals surface area contributed by atoms with Gasteiger partial charge in [0.15, 0.2) is 0 Å². The first-order valence-electron chi connectivity index (χ1n) is 9.85. The van der Waals surface area contributed by atoms with Crippen LogP contribution in [0.15, 0.2) is 60.7 Å². The minimum absolute atomic E-state index is 0.782. The van der Waals surface area contributed by atoms with E-state index in [1.165, 1.54) is 51.7 Å². The Morgan fingerprint density at radius 3 is 1.80 bits per heavy atom. The first-order chi connectivity index (χ1) is 12.3. The molecule has 0 radical (unpaired) electrons. The van der Waals surface area contributed by atoms with Crippen molar-refractivity contribution in [2.45, 2.75) is 50.5 Å². The Bertz CT molecular complexity index is 565. The zero-order chi connectivity index (χ0) is 17.4. The van der Waals surface area contributed by atoms with Crippen molar-refractivity contribution in [3.8, 4) is 0 Å². The Hall–Kier alpha value is -1.64. The highest BCUT2D eigenvalue weighted by molar-refractivity contribution is 5.35. The molecule has 0 spiro atoms. The molecular weight excluding hydrogens is 306 g/mol. The first kappa shape index (κ1) is 18.2. The number of likely N-dealkylation sites (tertiary alicyclic amines) is 1. The Morgan fingerprint density at radius 1 is 0.720 bits per heavy atom. The highest BCUT2D eigenvalue weighted by Crippen LogP contribution is 2.34. The Balaban J connectivity index is 1.54. The highest BCUT2D eigenvalue weighted by Gasteiger charge is 2.30. The number of rotatable bonds is 9. The van der Waals surface area contributed by atoms with Crippen molar-refractivity contribution in [2.24, 2.45) is 0 Å². The van der Waals surface area contributed by atoms with Gasteiger partial charge >= 0.3 is 0 Å². The SMILES string of the molecule is OC(CCCCCCN1CCCC1)(c1ccccc1)c1ccccc1. The van der Waals surface area contributed by atoms with E-state index in [1.807, 2.05) is 60.7 Å². The van der Waals surface area contributed by atoms with E-state index < -0.39 is 5.60 Å². The predicted octanol–water partition coefficient (Wildman–Crippen LogP) is 4.97. The van der Waals surface area contributed by atoms with Crippen LogP contribution in [-0.2, 0) is 5.60 Å². The summed E-state index contributed by atoms with van der Waals surface area (Å²) in [5.74, 6) is 0. The average Bonchev–Trinajstić information content (AvgIpc) is 3.19. The number of benzene rings is 2. The van der Waals surface area contributed by atoms with Crippen LogP contribution in [0.1, 0.15) is 56.1 Å². The summed E-state index contributed by atoms with van der Waals surface area (Å²) in [5.41, 5.74) is 1.12. The molecule has 0 saturated carbocycles. The van der Waals surface area contributed by atoms with Crippen LogP contribution in [-0.4, -0.2) is 29.6 Å². The topological polar surface area (TPSA) is 23.5 Å². The molecule has 0 atom stereocenters. The van der Waals surface area contributed by atoms with E-state index in [0.29, 0.717) is 0 Å². The van der Waals surface area contributed by atoms with Crippen molar-refractivity contribution in [1.82, 2.24) is 4.90 Å². The van der Waals surface area contributed by atoms with Gasteiger partial charge in [-0.25, -0.2) is 0 Å². The molecular formula is C23H31NO. The minimum Gasteiger partial charge on any atom is -0.380 e. The number of aliphatic hydroxyl groups is 1. The van der Waals surface area contributed by atoms with E-state index in [-0.39, 0.29) is 0 Å². The maximum atomic E-state index is 11.5. The van der Waals surface area contributed by atoms with E-state index in [4.69, 9.17) is 0 Å². The maximum Gasteiger partial charge on any atom is 0.115 e. The van der Waals surface area contributed by atoms with Gasteiger partial charge in [-0.3, -0.25) is 0 Å². The lowest BCUT2D eigenvalue weighted by Crippen LogP contribution is -2.27. The maximum absolute atomic E-state index is 11.5. The summed E-state index contributed by atoms with van der Waals surface area (Å²) in [6, 6.07) is 20.2. The molecule has 2 aromatic rings. The van der Waals surface area contributed by atoms with Gasteiger partial charge in [-0.1, -0.05) is 73.5 Å². The summed E-state index contributed by atoms with van der Waals surface area (Å²) in [6.07, 6.45) is 8.33. The molecule has 0 amide bonds. The molecule has 1 fully saturated rings. The molecule has 134 valence electrons. The van der Waals surface area contributed by atoms with Crippen molar-refractivity contribution in [3.05, 3.63) is 71.8 Å². The summed E-state index contributed by atoms with van der Waals surface area (Å²) < 4.78 is 0. The number of unbranched alkanes of at least 4 members (excludes halogenated alkanes) is 3. The summed E-state index contributed by atoms with van der Waals surface area (Å²) in [5, 5.41) is 11.5.